The second-order valence-corrected chi connectivity index (χ2v) is 5.88. The van der Waals surface area contributed by atoms with Gasteiger partial charge in [-0.15, -0.1) is 0 Å². The molecular formula is C13H15ClFN. The Morgan fingerprint density at radius 2 is 2.06 bits per heavy atom. The van der Waals surface area contributed by atoms with E-state index in [1.54, 1.807) is 6.07 Å². The fraction of sp³-hybridized carbons (Fsp3) is 0.538. The third-order valence-electron chi connectivity index (χ3n) is 4.22. The summed E-state index contributed by atoms with van der Waals surface area (Å²) >= 11 is 5.83. The lowest BCUT2D eigenvalue weighted by Crippen LogP contribution is -2.67. The van der Waals surface area contributed by atoms with Crippen LogP contribution in [0.3, 0.4) is 0 Å². The van der Waals surface area contributed by atoms with Crippen LogP contribution in [0.5, 0.6) is 0 Å². The van der Waals surface area contributed by atoms with Crippen LogP contribution in [0.4, 0.5) is 4.39 Å². The Morgan fingerprint density at radius 3 is 2.62 bits per heavy atom. The highest BCUT2D eigenvalue weighted by Gasteiger charge is 2.67. The number of halogens is 2. The van der Waals surface area contributed by atoms with Crippen molar-refractivity contribution in [3.05, 3.63) is 34.6 Å². The van der Waals surface area contributed by atoms with Crippen molar-refractivity contribution in [1.29, 1.82) is 0 Å². The van der Waals surface area contributed by atoms with Crippen molar-refractivity contribution in [3.8, 4) is 0 Å². The van der Waals surface area contributed by atoms with Crippen LogP contribution in [0.15, 0.2) is 18.2 Å². The van der Waals surface area contributed by atoms with Gasteiger partial charge >= 0.3 is 0 Å². The van der Waals surface area contributed by atoms with Crippen molar-refractivity contribution < 1.29 is 4.39 Å². The van der Waals surface area contributed by atoms with E-state index in [9.17, 15) is 4.39 Å². The van der Waals surface area contributed by atoms with Gasteiger partial charge in [0.2, 0.25) is 0 Å². The van der Waals surface area contributed by atoms with Gasteiger partial charge in [-0.2, -0.15) is 0 Å². The number of hydrogen-bond acceptors (Lipinski definition) is 1. The summed E-state index contributed by atoms with van der Waals surface area (Å²) < 4.78 is 13.1. The Bertz CT molecular complexity index is 424. The molecule has 86 valence electrons. The average Bonchev–Trinajstić information content (AvgIpc) is 2.14. The topological polar surface area (TPSA) is 12.0 Å². The van der Waals surface area contributed by atoms with Crippen LogP contribution in [-0.4, -0.2) is 13.6 Å². The summed E-state index contributed by atoms with van der Waals surface area (Å²) in [5, 5.41) is 3.51. The molecule has 0 unspecified atom stereocenters. The van der Waals surface area contributed by atoms with Crippen molar-refractivity contribution in [2.75, 3.05) is 13.6 Å². The van der Waals surface area contributed by atoms with Crippen molar-refractivity contribution in [3.63, 3.8) is 0 Å². The minimum Gasteiger partial charge on any atom is -0.319 e. The highest BCUT2D eigenvalue weighted by Crippen LogP contribution is 2.73. The van der Waals surface area contributed by atoms with E-state index in [2.05, 4.69) is 5.32 Å². The van der Waals surface area contributed by atoms with Crippen LogP contribution in [0, 0.1) is 11.2 Å². The van der Waals surface area contributed by atoms with Gasteiger partial charge in [0, 0.05) is 6.54 Å². The Hall–Kier alpha value is -0.600. The maximum Gasteiger partial charge on any atom is 0.141 e. The van der Waals surface area contributed by atoms with Gasteiger partial charge in [-0.25, -0.2) is 4.39 Å². The third-order valence-corrected chi connectivity index (χ3v) is 4.51. The van der Waals surface area contributed by atoms with E-state index in [0.717, 1.165) is 6.54 Å². The first kappa shape index (κ1) is 10.5. The van der Waals surface area contributed by atoms with Gasteiger partial charge in [0.05, 0.1) is 5.02 Å². The molecule has 4 rings (SSSR count). The number of nitrogens with one attached hydrogen (secondary N) is 1. The molecule has 1 aromatic carbocycles. The van der Waals surface area contributed by atoms with Gasteiger partial charge < -0.3 is 5.32 Å². The van der Waals surface area contributed by atoms with E-state index in [4.69, 9.17) is 11.6 Å². The van der Waals surface area contributed by atoms with Crippen molar-refractivity contribution >= 4 is 11.6 Å². The van der Waals surface area contributed by atoms with E-state index in [1.165, 1.54) is 30.9 Å². The van der Waals surface area contributed by atoms with Crippen LogP contribution >= 0.6 is 11.6 Å². The predicted molar refractivity (Wildman–Crippen MR) is 63.3 cm³/mol. The minimum absolute atomic E-state index is 0.255. The second-order valence-electron chi connectivity index (χ2n) is 5.47. The van der Waals surface area contributed by atoms with Crippen LogP contribution in [0.25, 0.3) is 0 Å². The first-order valence-corrected chi connectivity index (χ1v) is 6.07. The second kappa shape index (κ2) is 3.21. The van der Waals surface area contributed by atoms with Crippen LogP contribution in [0.1, 0.15) is 24.8 Å². The molecule has 2 bridgehead atoms. The molecule has 0 aromatic heterocycles. The zero-order valence-electron chi connectivity index (χ0n) is 9.32. The van der Waals surface area contributed by atoms with E-state index in [1.807, 2.05) is 13.1 Å². The van der Waals surface area contributed by atoms with Crippen LogP contribution < -0.4 is 5.32 Å². The fourth-order valence-electron chi connectivity index (χ4n) is 3.69. The molecule has 0 amide bonds. The molecule has 0 atom stereocenters. The summed E-state index contributed by atoms with van der Waals surface area (Å²) in [4.78, 5) is 0. The zero-order chi connectivity index (χ0) is 11.4. The lowest BCUT2D eigenvalue weighted by Gasteiger charge is -2.71. The lowest BCUT2D eigenvalue weighted by molar-refractivity contribution is -0.137. The monoisotopic (exact) mass is 239 g/mol. The fourth-order valence-corrected chi connectivity index (χ4v) is 3.87. The highest BCUT2D eigenvalue weighted by atomic mass is 35.5. The van der Waals surface area contributed by atoms with Gasteiger partial charge in [0.25, 0.3) is 0 Å². The normalized spacial score (nSPS) is 35.4. The minimum atomic E-state index is -0.318. The first-order chi connectivity index (χ1) is 7.59. The summed E-state index contributed by atoms with van der Waals surface area (Å²) in [5.74, 6) is -0.318. The molecule has 1 nitrogen and oxygen atoms in total. The number of rotatable bonds is 3. The lowest BCUT2D eigenvalue weighted by atomic mass is 9.33. The van der Waals surface area contributed by atoms with Gasteiger partial charge in [0.1, 0.15) is 5.82 Å². The molecule has 0 saturated heterocycles. The molecular weight excluding hydrogens is 225 g/mol. The largest absolute Gasteiger partial charge is 0.319 e. The maximum atomic E-state index is 13.1. The SMILES string of the molecule is CNCC12CC(c3ccc(F)c(Cl)c3)(C1)C2. The smallest absolute Gasteiger partial charge is 0.141 e. The number of hydrogen-bond donors (Lipinski definition) is 1. The highest BCUT2D eigenvalue weighted by molar-refractivity contribution is 6.30. The summed E-state index contributed by atoms with van der Waals surface area (Å²) in [6.45, 7) is 1.10. The molecule has 3 aliphatic carbocycles. The molecule has 16 heavy (non-hydrogen) atoms. The van der Waals surface area contributed by atoms with E-state index < -0.39 is 0 Å². The predicted octanol–water partition coefficient (Wildman–Crippen LogP) is 3.12. The third kappa shape index (κ3) is 1.26. The molecule has 3 aliphatic rings. The molecule has 3 heteroatoms. The quantitative estimate of drug-likeness (QED) is 0.855. The Kier molecular flexibility index (Phi) is 2.11. The Balaban J connectivity index is 1.80. The molecule has 0 spiro atoms. The molecule has 1 N–H and O–H groups in total. The van der Waals surface area contributed by atoms with Crippen LogP contribution in [-0.2, 0) is 5.41 Å². The summed E-state index contributed by atoms with van der Waals surface area (Å²) in [7, 11) is 2.00. The van der Waals surface area contributed by atoms with Gasteiger partial charge in [-0.3, -0.25) is 0 Å². The molecule has 0 radical (unpaired) electrons. The average molecular weight is 240 g/mol. The molecule has 3 fully saturated rings. The maximum absolute atomic E-state index is 13.1. The molecule has 3 saturated carbocycles. The standard InChI is InChI=1S/C13H15ClFN/c1-16-8-12-5-13(6-12,7-12)9-2-3-11(15)10(14)4-9/h2-4,16H,5-8H2,1H3. The van der Waals surface area contributed by atoms with Crippen molar-refractivity contribution in [2.45, 2.75) is 24.7 Å². The Labute approximate surface area is 100.0 Å². The molecule has 0 aliphatic heterocycles. The summed E-state index contributed by atoms with van der Waals surface area (Å²) in [6.07, 6.45) is 3.68. The van der Waals surface area contributed by atoms with Crippen LogP contribution in [0.2, 0.25) is 5.02 Å². The van der Waals surface area contributed by atoms with E-state index in [-0.39, 0.29) is 10.8 Å². The van der Waals surface area contributed by atoms with Crippen molar-refractivity contribution in [1.82, 2.24) is 5.32 Å². The van der Waals surface area contributed by atoms with Gasteiger partial charge in [-0.05, 0) is 54.8 Å². The number of benzene rings is 1. The Morgan fingerprint density at radius 1 is 1.38 bits per heavy atom. The summed E-state index contributed by atoms with van der Waals surface area (Å²) in [5.41, 5.74) is 2.06. The first-order valence-electron chi connectivity index (χ1n) is 5.69. The van der Waals surface area contributed by atoms with E-state index in [0.29, 0.717) is 10.8 Å². The van der Waals surface area contributed by atoms with Gasteiger partial charge in [-0.1, -0.05) is 17.7 Å². The molecule has 0 heterocycles. The van der Waals surface area contributed by atoms with E-state index >= 15 is 0 Å². The molecule has 1 aromatic rings. The van der Waals surface area contributed by atoms with Crippen molar-refractivity contribution in [2.24, 2.45) is 5.41 Å². The zero-order valence-corrected chi connectivity index (χ0v) is 10.1. The van der Waals surface area contributed by atoms with Gasteiger partial charge in [0.15, 0.2) is 0 Å². The summed E-state index contributed by atoms with van der Waals surface area (Å²) in [6, 6.07) is 5.19.